The lowest BCUT2D eigenvalue weighted by atomic mass is 9.57. The first-order valence-corrected chi connectivity index (χ1v) is 5.18. The molecule has 0 aliphatic heterocycles. The first kappa shape index (κ1) is 10.2. The van der Waals surface area contributed by atoms with E-state index in [9.17, 15) is 10.4 Å². The Bertz CT molecular complexity index is 403. The molecular formula is C13H15NO. The van der Waals surface area contributed by atoms with E-state index in [-0.39, 0.29) is 0 Å². The van der Waals surface area contributed by atoms with Crippen molar-refractivity contribution in [1.29, 1.82) is 5.26 Å². The molecule has 1 aromatic rings. The van der Waals surface area contributed by atoms with Gasteiger partial charge in [-0.2, -0.15) is 5.26 Å². The molecule has 1 aliphatic carbocycles. The highest BCUT2D eigenvalue weighted by Crippen LogP contribution is 2.49. The Morgan fingerprint density at radius 3 is 2.20 bits per heavy atom. The third kappa shape index (κ3) is 1.64. The van der Waals surface area contributed by atoms with E-state index in [1.54, 1.807) is 6.92 Å². The molecule has 78 valence electrons. The molecule has 0 amide bonds. The van der Waals surface area contributed by atoms with Crippen LogP contribution in [-0.2, 0) is 5.41 Å². The molecule has 1 aliphatic rings. The van der Waals surface area contributed by atoms with E-state index in [4.69, 9.17) is 0 Å². The van der Waals surface area contributed by atoms with E-state index in [1.807, 2.05) is 31.2 Å². The van der Waals surface area contributed by atoms with Crippen LogP contribution in [0.25, 0.3) is 0 Å². The van der Waals surface area contributed by atoms with E-state index >= 15 is 0 Å². The van der Waals surface area contributed by atoms with Crippen molar-refractivity contribution in [3.8, 4) is 6.07 Å². The Balaban J connectivity index is 2.31. The van der Waals surface area contributed by atoms with Crippen LogP contribution in [0.3, 0.4) is 0 Å². The molecule has 0 aromatic heterocycles. The number of aliphatic hydroxyl groups is 1. The lowest BCUT2D eigenvalue weighted by Crippen LogP contribution is -2.51. The fourth-order valence-electron chi connectivity index (χ4n) is 2.47. The number of rotatable bonds is 1. The first-order chi connectivity index (χ1) is 6.97. The maximum atomic E-state index is 9.74. The van der Waals surface area contributed by atoms with E-state index in [1.165, 1.54) is 5.56 Å². The van der Waals surface area contributed by atoms with Crippen LogP contribution in [-0.4, -0.2) is 10.7 Å². The minimum atomic E-state index is -0.666. The summed E-state index contributed by atoms with van der Waals surface area (Å²) in [5.41, 5.74) is 1.10. The number of hydrogen-bond donors (Lipinski definition) is 1. The Labute approximate surface area is 90.2 Å². The molecule has 0 atom stereocenters. The van der Waals surface area contributed by atoms with Crippen LogP contribution in [0.4, 0.5) is 0 Å². The zero-order chi connectivity index (χ0) is 11.1. The second kappa shape index (κ2) is 3.08. The number of aryl methyl sites for hydroxylation is 1. The summed E-state index contributed by atoms with van der Waals surface area (Å²) >= 11 is 0. The Morgan fingerprint density at radius 2 is 1.80 bits per heavy atom. The standard InChI is InChI=1S/C13H15NO/c1-10-3-5-11(6-4-10)13(9-14)7-12(2,15)8-13/h3-6,15H,7-8H2,1-2H3. The summed E-state index contributed by atoms with van der Waals surface area (Å²) < 4.78 is 0. The van der Waals surface area contributed by atoms with Gasteiger partial charge in [0.1, 0.15) is 0 Å². The summed E-state index contributed by atoms with van der Waals surface area (Å²) in [7, 11) is 0. The molecule has 0 saturated heterocycles. The van der Waals surface area contributed by atoms with Gasteiger partial charge in [0, 0.05) is 0 Å². The van der Waals surface area contributed by atoms with Gasteiger partial charge in [-0.1, -0.05) is 29.8 Å². The molecule has 1 fully saturated rings. The highest BCUT2D eigenvalue weighted by molar-refractivity contribution is 5.39. The molecule has 2 rings (SSSR count). The van der Waals surface area contributed by atoms with Gasteiger partial charge >= 0.3 is 0 Å². The van der Waals surface area contributed by atoms with E-state index in [0.717, 1.165) is 5.56 Å². The van der Waals surface area contributed by atoms with Crippen molar-refractivity contribution >= 4 is 0 Å². The third-order valence-electron chi connectivity index (χ3n) is 3.18. The van der Waals surface area contributed by atoms with Crippen molar-refractivity contribution in [3.05, 3.63) is 35.4 Å². The van der Waals surface area contributed by atoms with Crippen LogP contribution in [0, 0.1) is 18.3 Å². The summed E-state index contributed by atoms with van der Waals surface area (Å²) in [6.07, 6.45) is 1.08. The fraction of sp³-hybridized carbons (Fsp3) is 0.462. The molecule has 0 bridgehead atoms. The summed E-state index contributed by atoms with van der Waals surface area (Å²) in [6.45, 7) is 3.82. The van der Waals surface area contributed by atoms with Crippen LogP contribution >= 0.6 is 0 Å². The zero-order valence-electron chi connectivity index (χ0n) is 9.12. The second-order valence-electron chi connectivity index (χ2n) is 4.91. The third-order valence-corrected chi connectivity index (χ3v) is 3.18. The lowest BCUT2D eigenvalue weighted by Gasteiger charge is -2.47. The lowest BCUT2D eigenvalue weighted by molar-refractivity contribution is -0.0556. The van der Waals surface area contributed by atoms with E-state index in [2.05, 4.69) is 6.07 Å². The molecule has 15 heavy (non-hydrogen) atoms. The van der Waals surface area contributed by atoms with Gasteiger partial charge in [0.2, 0.25) is 0 Å². The first-order valence-electron chi connectivity index (χ1n) is 5.18. The van der Waals surface area contributed by atoms with Crippen LogP contribution in [0.2, 0.25) is 0 Å². The van der Waals surface area contributed by atoms with Crippen molar-refractivity contribution in [2.24, 2.45) is 0 Å². The predicted octanol–water partition coefficient (Wildman–Crippen LogP) is 2.30. The van der Waals surface area contributed by atoms with Gasteiger partial charge < -0.3 is 5.11 Å². The van der Waals surface area contributed by atoms with Gasteiger partial charge in [0.25, 0.3) is 0 Å². The Hall–Kier alpha value is -1.33. The minimum absolute atomic E-state index is 0.461. The van der Waals surface area contributed by atoms with Gasteiger partial charge in [-0.3, -0.25) is 0 Å². The highest BCUT2D eigenvalue weighted by atomic mass is 16.3. The monoisotopic (exact) mass is 201 g/mol. The van der Waals surface area contributed by atoms with Crippen molar-refractivity contribution in [2.45, 2.75) is 37.7 Å². The number of hydrogen-bond acceptors (Lipinski definition) is 2. The molecule has 2 nitrogen and oxygen atoms in total. The average molecular weight is 201 g/mol. The summed E-state index contributed by atoms with van der Waals surface area (Å²) in [5, 5.41) is 19.0. The molecule has 0 radical (unpaired) electrons. The largest absolute Gasteiger partial charge is 0.390 e. The average Bonchev–Trinajstić information content (AvgIpc) is 2.14. The molecule has 2 heteroatoms. The minimum Gasteiger partial charge on any atom is -0.390 e. The normalized spacial score (nSPS) is 34.3. The fourth-order valence-corrected chi connectivity index (χ4v) is 2.47. The maximum absolute atomic E-state index is 9.74. The van der Waals surface area contributed by atoms with Gasteiger partial charge in [0.15, 0.2) is 0 Å². The molecule has 0 unspecified atom stereocenters. The van der Waals surface area contributed by atoms with Crippen molar-refractivity contribution in [1.82, 2.24) is 0 Å². The van der Waals surface area contributed by atoms with Crippen LogP contribution in [0.15, 0.2) is 24.3 Å². The smallest absolute Gasteiger partial charge is 0.0876 e. The van der Waals surface area contributed by atoms with Gasteiger partial charge in [0.05, 0.1) is 17.1 Å². The van der Waals surface area contributed by atoms with Crippen LogP contribution in [0.1, 0.15) is 30.9 Å². The SMILES string of the molecule is Cc1ccc(C2(C#N)CC(C)(O)C2)cc1. The zero-order valence-corrected chi connectivity index (χ0v) is 9.12. The van der Waals surface area contributed by atoms with Gasteiger partial charge in [-0.25, -0.2) is 0 Å². The number of benzene rings is 1. The molecule has 1 saturated carbocycles. The topological polar surface area (TPSA) is 44.0 Å². The van der Waals surface area contributed by atoms with Gasteiger partial charge in [-0.15, -0.1) is 0 Å². The van der Waals surface area contributed by atoms with E-state index < -0.39 is 11.0 Å². The summed E-state index contributed by atoms with van der Waals surface area (Å²) in [6, 6.07) is 10.4. The molecule has 0 heterocycles. The van der Waals surface area contributed by atoms with Gasteiger partial charge in [-0.05, 0) is 32.3 Å². The van der Waals surface area contributed by atoms with Crippen molar-refractivity contribution < 1.29 is 5.11 Å². The van der Waals surface area contributed by atoms with E-state index in [0.29, 0.717) is 12.8 Å². The second-order valence-corrected chi connectivity index (χ2v) is 4.91. The van der Waals surface area contributed by atoms with Crippen LogP contribution < -0.4 is 0 Å². The Morgan fingerprint density at radius 1 is 1.27 bits per heavy atom. The molecule has 1 aromatic carbocycles. The summed E-state index contributed by atoms with van der Waals surface area (Å²) in [4.78, 5) is 0. The van der Waals surface area contributed by atoms with Crippen LogP contribution in [0.5, 0.6) is 0 Å². The molecule has 0 spiro atoms. The molecule has 1 N–H and O–H groups in total. The molecular weight excluding hydrogens is 186 g/mol. The Kier molecular flexibility index (Phi) is 2.09. The quantitative estimate of drug-likeness (QED) is 0.757. The number of nitriles is 1. The van der Waals surface area contributed by atoms with Crippen molar-refractivity contribution in [3.63, 3.8) is 0 Å². The predicted molar refractivity (Wildman–Crippen MR) is 58.3 cm³/mol. The van der Waals surface area contributed by atoms with Crippen molar-refractivity contribution in [2.75, 3.05) is 0 Å². The maximum Gasteiger partial charge on any atom is 0.0876 e. The highest BCUT2D eigenvalue weighted by Gasteiger charge is 2.52. The summed E-state index contributed by atoms with van der Waals surface area (Å²) in [5.74, 6) is 0. The number of nitrogens with zero attached hydrogens (tertiary/aromatic N) is 1.